The van der Waals surface area contributed by atoms with Crippen molar-refractivity contribution in [3.8, 4) is 17.2 Å². The van der Waals surface area contributed by atoms with Crippen molar-refractivity contribution in [3.63, 3.8) is 0 Å². The SMILES string of the molecule is COc1ccc(CSc2nnc(-c3ccnc(NC(=O)CCc4ccccc4)c3)o2)cc1C(F)(F)F. The first kappa shape index (κ1) is 25.2. The van der Waals surface area contributed by atoms with E-state index in [0.29, 0.717) is 29.8 Å². The molecule has 0 atom stereocenters. The minimum atomic E-state index is -4.53. The Labute approximate surface area is 209 Å². The van der Waals surface area contributed by atoms with E-state index in [1.807, 2.05) is 30.3 Å². The summed E-state index contributed by atoms with van der Waals surface area (Å²) in [5.41, 5.74) is 1.20. The molecular formula is C25H21F3N4O3S. The summed E-state index contributed by atoms with van der Waals surface area (Å²) in [4.78, 5) is 16.5. The Kier molecular flexibility index (Phi) is 7.89. The molecule has 4 rings (SSSR count). The van der Waals surface area contributed by atoms with Crippen molar-refractivity contribution in [2.24, 2.45) is 0 Å². The van der Waals surface area contributed by atoms with E-state index in [0.717, 1.165) is 23.4 Å². The molecule has 1 amide bonds. The Morgan fingerprint density at radius 2 is 1.86 bits per heavy atom. The highest BCUT2D eigenvalue weighted by atomic mass is 32.2. The zero-order valence-corrected chi connectivity index (χ0v) is 19.9. The summed E-state index contributed by atoms with van der Waals surface area (Å²) in [6.07, 6.45) is -2.11. The van der Waals surface area contributed by atoms with Crippen molar-refractivity contribution in [3.05, 3.63) is 83.6 Å². The minimum Gasteiger partial charge on any atom is -0.496 e. The molecule has 0 radical (unpaired) electrons. The number of carbonyl (C=O) groups is 1. The Morgan fingerprint density at radius 1 is 1.06 bits per heavy atom. The van der Waals surface area contributed by atoms with Crippen LogP contribution < -0.4 is 10.1 Å². The summed E-state index contributed by atoms with van der Waals surface area (Å²) in [6, 6.07) is 16.8. The number of rotatable bonds is 9. The van der Waals surface area contributed by atoms with Crippen molar-refractivity contribution in [1.29, 1.82) is 0 Å². The first-order valence-electron chi connectivity index (χ1n) is 10.8. The molecule has 0 saturated heterocycles. The van der Waals surface area contributed by atoms with Gasteiger partial charge in [0, 0.05) is 23.9 Å². The third kappa shape index (κ3) is 6.63. The van der Waals surface area contributed by atoms with Crippen molar-refractivity contribution in [2.45, 2.75) is 30.0 Å². The summed E-state index contributed by atoms with van der Waals surface area (Å²) < 4.78 is 50.2. The third-order valence-electron chi connectivity index (χ3n) is 5.10. The molecule has 0 aliphatic rings. The number of halogens is 3. The summed E-state index contributed by atoms with van der Waals surface area (Å²) in [5.74, 6) is 0.314. The van der Waals surface area contributed by atoms with Gasteiger partial charge in [0.05, 0.1) is 12.7 Å². The number of nitrogens with zero attached hydrogens (tertiary/aromatic N) is 3. The summed E-state index contributed by atoms with van der Waals surface area (Å²) in [5, 5.41) is 10.9. The summed E-state index contributed by atoms with van der Waals surface area (Å²) in [6.45, 7) is 0. The number of hydrogen-bond donors (Lipinski definition) is 1. The van der Waals surface area contributed by atoms with Gasteiger partial charge in [-0.05, 0) is 41.8 Å². The van der Waals surface area contributed by atoms with Crippen LogP contribution in [0.4, 0.5) is 19.0 Å². The molecule has 186 valence electrons. The first-order chi connectivity index (χ1) is 17.3. The fourth-order valence-corrected chi connectivity index (χ4v) is 4.04. The number of aryl methyl sites for hydroxylation is 1. The second-order valence-corrected chi connectivity index (χ2v) is 8.58. The molecule has 0 saturated carbocycles. The number of thioether (sulfide) groups is 1. The summed E-state index contributed by atoms with van der Waals surface area (Å²) >= 11 is 1.11. The van der Waals surface area contributed by atoms with Crippen LogP contribution in [-0.4, -0.2) is 28.2 Å². The van der Waals surface area contributed by atoms with Gasteiger partial charge in [-0.25, -0.2) is 4.98 Å². The Bertz CT molecular complexity index is 1330. The van der Waals surface area contributed by atoms with E-state index in [9.17, 15) is 18.0 Å². The number of nitrogens with one attached hydrogen (secondary N) is 1. The molecule has 36 heavy (non-hydrogen) atoms. The standard InChI is InChI=1S/C25H21F3N4O3S/c1-34-20-9-7-17(13-19(20)25(26,27)28)15-36-24-32-31-23(35-24)18-11-12-29-21(14-18)30-22(33)10-8-16-5-3-2-4-6-16/h2-7,9,11-14H,8,10,15H2,1H3,(H,29,30,33). The number of pyridine rings is 1. The van der Waals surface area contributed by atoms with Crippen molar-refractivity contribution in [1.82, 2.24) is 15.2 Å². The van der Waals surface area contributed by atoms with Crippen LogP contribution in [0.15, 0.2) is 76.5 Å². The molecule has 7 nitrogen and oxygen atoms in total. The van der Waals surface area contributed by atoms with Gasteiger partial charge < -0.3 is 14.5 Å². The van der Waals surface area contributed by atoms with Crippen molar-refractivity contribution >= 4 is 23.5 Å². The number of amides is 1. The fraction of sp³-hybridized carbons (Fsp3) is 0.200. The predicted octanol–water partition coefficient (Wildman–Crippen LogP) is 6.02. The van der Waals surface area contributed by atoms with Crippen LogP contribution in [0, 0.1) is 0 Å². The lowest BCUT2D eigenvalue weighted by atomic mass is 10.1. The van der Waals surface area contributed by atoms with E-state index in [-0.39, 0.29) is 28.5 Å². The van der Waals surface area contributed by atoms with Gasteiger partial charge in [0.25, 0.3) is 5.22 Å². The highest BCUT2D eigenvalue weighted by Crippen LogP contribution is 2.37. The Hall–Kier alpha value is -3.86. The molecule has 2 aromatic heterocycles. The van der Waals surface area contributed by atoms with Crippen LogP contribution in [0.3, 0.4) is 0 Å². The molecule has 0 aliphatic heterocycles. The first-order valence-corrected chi connectivity index (χ1v) is 11.8. The molecule has 0 fully saturated rings. The minimum absolute atomic E-state index is 0.178. The van der Waals surface area contributed by atoms with Crippen LogP contribution in [0.25, 0.3) is 11.5 Å². The van der Waals surface area contributed by atoms with Crippen LogP contribution >= 0.6 is 11.8 Å². The quantitative estimate of drug-likeness (QED) is 0.273. The molecule has 2 aromatic carbocycles. The van der Waals surface area contributed by atoms with Gasteiger partial charge in [0.2, 0.25) is 11.8 Å². The third-order valence-corrected chi connectivity index (χ3v) is 5.99. The molecule has 0 unspecified atom stereocenters. The normalized spacial score (nSPS) is 11.3. The van der Waals surface area contributed by atoms with E-state index >= 15 is 0 Å². The van der Waals surface area contributed by atoms with Gasteiger partial charge in [-0.3, -0.25) is 4.79 Å². The molecule has 4 aromatic rings. The van der Waals surface area contributed by atoms with E-state index in [2.05, 4.69) is 20.5 Å². The monoisotopic (exact) mass is 514 g/mol. The lowest BCUT2D eigenvalue weighted by molar-refractivity contribution is -0.138. The fourth-order valence-electron chi connectivity index (χ4n) is 3.34. The van der Waals surface area contributed by atoms with Gasteiger partial charge in [-0.2, -0.15) is 13.2 Å². The average Bonchev–Trinajstić information content (AvgIpc) is 3.35. The molecule has 0 spiro atoms. The van der Waals surface area contributed by atoms with E-state index in [1.165, 1.54) is 19.4 Å². The van der Waals surface area contributed by atoms with Gasteiger partial charge in [0.15, 0.2) is 0 Å². The van der Waals surface area contributed by atoms with E-state index in [4.69, 9.17) is 9.15 Å². The second kappa shape index (κ2) is 11.3. The van der Waals surface area contributed by atoms with Crippen molar-refractivity contribution < 1.29 is 27.1 Å². The molecule has 2 heterocycles. The van der Waals surface area contributed by atoms with Gasteiger partial charge in [0.1, 0.15) is 11.6 Å². The number of carbonyl (C=O) groups excluding carboxylic acids is 1. The number of alkyl halides is 3. The number of methoxy groups -OCH3 is 1. The topological polar surface area (TPSA) is 90.1 Å². The van der Waals surface area contributed by atoms with Crippen LogP contribution in [-0.2, 0) is 23.1 Å². The Balaban J connectivity index is 1.37. The Morgan fingerprint density at radius 3 is 2.61 bits per heavy atom. The molecule has 0 bridgehead atoms. The largest absolute Gasteiger partial charge is 0.496 e. The number of hydrogen-bond acceptors (Lipinski definition) is 7. The highest BCUT2D eigenvalue weighted by molar-refractivity contribution is 7.98. The number of benzene rings is 2. The summed E-state index contributed by atoms with van der Waals surface area (Å²) in [7, 11) is 1.19. The van der Waals surface area contributed by atoms with Gasteiger partial charge >= 0.3 is 6.18 Å². The average molecular weight is 515 g/mol. The molecule has 1 N–H and O–H groups in total. The zero-order chi connectivity index (χ0) is 25.5. The smallest absolute Gasteiger partial charge is 0.419 e. The predicted molar refractivity (Wildman–Crippen MR) is 128 cm³/mol. The van der Waals surface area contributed by atoms with Crippen LogP contribution in [0.2, 0.25) is 0 Å². The molecule has 0 aliphatic carbocycles. The van der Waals surface area contributed by atoms with Crippen molar-refractivity contribution in [2.75, 3.05) is 12.4 Å². The highest BCUT2D eigenvalue weighted by Gasteiger charge is 2.34. The van der Waals surface area contributed by atoms with Crippen LogP contribution in [0.5, 0.6) is 5.75 Å². The maximum Gasteiger partial charge on any atom is 0.419 e. The number of aromatic nitrogens is 3. The number of ether oxygens (including phenoxy) is 1. The molecular weight excluding hydrogens is 493 g/mol. The second-order valence-electron chi connectivity index (χ2n) is 7.66. The maximum absolute atomic E-state index is 13.2. The van der Waals surface area contributed by atoms with Gasteiger partial charge in [-0.1, -0.05) is 48.2 Å². The maximum atomic E-state index is 13.2. The lowest BCUT2D eigenvalue weighted by Crippen LogP contribution is -2.13. The zero-order valence-electron chi connectivity index (χ0n) is 19.1. The van der Waals surface area contributed by atoms with E-state index in [1.54, 1.807) is 18.2 Å². The lowest BCUT2D eigenvalue weighted by Gasteiger charge is -2.13. The molecule has 11 heteroatoms. The van der Waals surface area contributed by atoms with Gasteiger partial charge in [-0.15, -0.1) is 10.2 Å². The number of anilines is 1. The van der Waals surface area contributed by atoms with Crippen LogP contribution in [0.1, 0.15) is 23.1 Å². The van der Waals surface area contributed by atoms with E-state index < -0.39 is 11.7 Å².